The van der Waals surface area contributed by atoms with Gasteiger partial charge < -0.3 is 34.0 Å². The summed E-state index contributed by atoms with van der Waals surface area (Å²) in [7, 11) is -2.06. The maximum absolute atomic E-state index is 13.9. The average molecular weight is 963 g/mol. The Labute approximate surface area is 401 Å². The zero-order valence-corrected chi connectivity index (χ0v) is 42.5. The summed E-state index contributed by atoms with van der Waals surface area (Å²) >= 11 is 0. The molecule has 0 radical (unpaired) electrons. The topological polar surface area (TPSA) is 215 Å². The Morgan fingerprint density at radius 1 is 0.971 bits per heavy atom. The molecule has 0 spiro atoms. The number of carbonyl (C=O) groups is 5. The number of aromatic nitrogens is 3. The van der Waals surface area contributed by atoms with E-state index in [9.17, 15) is 28.8 Å². The standard InChI is InChI=1S/C50H74N6O11Si/c1-31-27-33-14-13-32(2)36(16-15-34-29-35(30-43(59)65-34)67-68(8,9)49(3,4)5)44(33)40(28-31)66-48(62)50(6,7)20-19-41(57)52-22-24-64-26-25-63-23-21-51-37-11-10-12-38-45(37)47(61)56(55-54-38)39-17-18-42(58)53-46(39)60/h10-14,27,31-32,34-36,39-40,44,51H,15-26,28-30H2,1-9H3,(H,52,57)(H,53,58,60)/t31-,32-,34+,35+,36-,39?,40-,44-/m0/s1. The molecule has 17 nitrogen and oxygen atoms in total. The van der Waals surface area contributed by atoms with E-state index in [2.05, 4.69) is 92.2 Å². The van der Waals surface area contributed by atoms with Crippen LogP contribution in [0, 0.1) is 29.1 Å². The minimum Gasteiger partial charge on any atom is -0.462 e. The number of imide groups is 1. The summed E-state index contributed by atoms with van der Waals surface area (Å²) < 4.78 is 31.4. The lowest BCUT2D eigenvalue weighted by molar-refractivity contribution is -0.166. The van der Waals surface area contributed by atoms with Gasteiger partial charge in [-0.2, -0.15) is 4.68 Å². The number of hydrogen-bond acceptors (Lipinski definition) is 14. The minimum atomic E-state index is -2.06. The third-order valence-electron chi connectivity index (χ3n) is 14.4. The van der Waals surface area contributed by atoms with Crippen LogP contribution in [-0.2, 0) is 47.3 Å². The summed E-state index contributed by atoms with van der Waals surface area (Å²) in [4.78, 5) is 76.9. The van der Waals surface area contributed by atoms with Gasteiger partial charge in [0, 0.05) is 44.0 Å². The van der Waals surface area contributed by atoms with Gasteiger partial charge in [-0.05, 0) is 99.5 Å². The Bertz CT molecular complexity index is 2270. The van der Waals surface area contributed by atoms with Crippen LogP contribution in [0.5, 0.6) is 0 Å². The van der Waals surface area contributed by atoms with Crippen LogP contribution in [0.3, 0.4) is 0 Å². The van der Waals surface area contributed by atoms with Crippen LogP contribution < -0.4 is 21.5 Å². The predicted octanol–water partition coefficient (Wildman–Crippen LogP) is 6.33. The van der Waals surface area contributed by atoms with Gasteiger partial charge in [-0.3, -0.25) is 34.1 Å². The van der Waals surface area contributed by atoms with Crippen molar-refractivity contribution in [1.29, 1.82) is 0 Å². The number of esters is 2. The van der Waals surface area contributed by atoms with E-state index in [4.69, 9.17) is 23.4 Å². The molecule has 6 rings (SSSR count). The molecule has 374 valence electrons. The summed E-state index contributed by atoms with van der Waals surface area (Å²) in [5.41, 5.74) is 0.723. The molecule has 4 aliphatic rings. The zero-order chi connectivity index (χ0) is 49.4. The van der Waals surface area contributed by atoms with E-state index in [-0.39, 0.29) is 102 Å². The third kappa shape index (κ3) is 13.5. The first kappa shape index (κ1) is 52.6. The molecule has 68 heavy (non-hydrogen) atoms. The SMILES string of the molecule is C[C@H]1C=C2C=C[C@H](C)[C@H](CC[C@@H]3C[C@@H](O[Si](C)(C)C(C)(C)C)CC(=O)O3)[C@H]2[C@@H](OC(=O)C(C)(C)CCC(=O)NCCOCCOCCNc2cccc3nnn(C4CCC(=O)NC4=O)c(=O)c23)C1. The number of fused-ring (bicyclic) bond motifs is 2. The first-order valence-electron chi connectivity index (χ1n) is 24.5. The molecule has 1 aromatic carbocycles. The van der Waals surface area contributed by atoms with Gasteiger partial charge in [0.1, 0.15) is 23.8 Å². The molecule has 1 unspecified atom stereocenters. The number of carbonyl (C=O) groups excluding carboxylic acids is 5. The second kappa shape index (κ2) is 22.8. The van der Waals surface area contributed by atoms with Crippen LogP contribution >= 0.6 is 0 Å². The molecular formula is C50H74N6O11Si. The highest BCUT2D eigenvalue weighted by atomic mass is 28.4. The summed E-state index contributed by atoms with van der Waals surface area (Å²) in [6, 6.07) is 4.23. The molecule has 18 heteroatoms. The van der Waals surface area contributed by atoms with Gasteiger partial charge in [-0.15, -0.1) is 5.10 Å². The Kier molecular flexibility index (Phi) is 17.6. The maximum Gasteiger partial charge on any atom is 0.311 e. The molecule has 3 heterocycles. The van der Waals surface area contributed by atoms with E-state index in [1.54, 1.807) is 18.2 Å². The Hall–Kier alpha value is -4.78. The number of hydrogen-bond donors (Lipinski definition) is 3. The van der Waals surface area contributed by atoms with Crippen LogP contribution in [0.15, 0.2) is 46.8 Å². The van der Waals surface area contributed by atoms with E-state index in [0.717, 1.165) is 23.9 Å². The third-order valence-corrected chi connectivity index (χ3v) is 18.9. The van der Waals surface area contributed by atoms with Crippen molar-refractivity contribution in [3.05, 3.63) is 52.4 Å². The number of piperidine rings is 1. The number of cyclic esters (lactones) is 1. The highest BCUT2D eigenvalue weighted by Gasteiger charge is 2.45. The number of amides is 3. The van der Waals surface area contributed by atoms with Crippen LogP contribution in [0.25, 0.3) is 10.9 Å². The number of anilines is 1. The van der Waals surface area contributed by atoms with Crippen LogP contribution in [0.2, 0.25) is 18.1 Å². The van der Waals surface area contributed by atoms with Crippen LogP contribution in [0.4, 0.5) is 5.69 Å². The number of benzene rings is 1. The van der Waals surface area contributed by atoms with E-state index < -0.39 is 31.2 Å². The van der Waals surface area contributed by atoms with E-state index in [1.807, 2.05) is 13.8 Å². The average Bonchev–Trinajstić information content (AvgIpc) is 3.25. The van der Waals surface area contributed by atoms with Crippen molar-refractivity contribution in [3.8, 4) is 0 Å². The van der Waals surface area contributed by atoms with Gasteiger partial charge in [0.25, 0.3) is 11.5 Å². The molecule has 0 bridgehead atoms. The molecule has 2 aromatic rings. The fourth-order valence-electron chi connectivity index (χ4n) is 9.43. The lowest BCUT2D eigenvalue weighted by Crippen LogP contribution is -2.47. The van der Waals surface area contributed by atoms with Gasteiger partial charge in [-0.1, -0.05) is 64.1 Å². The van der Waals surface area contributed by atoms with Crippen molar-refractivity contribution in [2.75, 3.05) is 44.8 Å². The monoisotopic (exact) mass is 963 g/mol. The molecule has 1 aromatic heterocycles. The van der Waals surface area contributed by atoms with Gasteiger partial charge >= 0.3 is 11.9 Å². The molecular weight excluding hydrogens is 889 g/mol. The minimum absolute atomic E-state index is 0.0249. The van der Waals surface area contributed by atoms with Crippen molar-refractivity contribution in [1.82, 2.24) is 25.6 Å². The number of ether oxygens (including phenoxy) is 4. The molecule has 0 saturated carbocycles. The van der Waals surface area contributed by atoms with E-state index >= 15 is 0 Å². The van der Waals surface area contributed by atoms with Crippen LogP contribution in [-0.4, -0.2) is 111 Å². The number of nitrogens with one attached hydrogen (secondary N) is 3. The summed E-state index contributed by atoms with van der Waals surface area (Å²) in [6.45, 7) is 21.0. The zero-order valence-electron chi connectivity index (χ0n) is 41.5. The number of allylic oxidation sites excluding steroid dienone is 3. The van der Waals surface area contributed by atoms with Crippen molar-refractivity contribution in [2.45, 2.75) is 149 Å². The molecule has 2 aliphatic carbocycles. The van der Waals surface area contributed by atoms with Gasteiger partial charge in [0.15, 0.2) is 8.32 Å². The van der Waals surface area contributed by atoms with Crippen molar-refractivity contribution in [2.24, 2.45) is 29.1 Å². The summed E-state index contributed by atoms with van der Waals surface area (Å²) in [5.74, 6) is -0.938. The Morgan fingerprint density at radius 2 is 1.71 bits per heavy atom. The quantitative estimate of drug-likeness (QED) is 0.0540. The number of rotatable bonds is 21. The predicted molar refractivity (Wildman–Crippen MR) is 259 cm³/mol. The summed E-state index contributed by atoms with van der Waals surface area (Å²) in [5, 5.41) is 16.7. The molecule has 8 atom stereocenters. The lowest BCUT2D eigenvalue weighted by atomic mass is 9.65. The highest BCUT2D eigenvalue weighted by Crippen LogP contribution is 2.46. The Morgan fingerprint density at radius 3 is 2.43 bits per heavy atom. The van der Waals surface area contributed by atoms with Crippen LogP contribution in [0.1, 0.15) is 112 Å². The van der Waals surface area contributed by atoms with Crippen molar-refractivity contribution >= 4 is 54.6 Å². The lowest BCUT2D eigenvalue weighted by Gasteiger charge is -2.44. The second-order valence-electron chi connectivity index (χ2n) is 21.3. The first-order valence-corrected chi connectivity index (χ1v) is 27.4. The fraction of sp³-hybridized carbons (Fsp3) is 0.680. The fourth-order valence-corrected chi connectivity index (χ4v) is 10.8. The molecule has 2 saturated heterocycles. The normalized spacial score (nSPS) is 25.5. The molecule has 3 N–H and O–H groups in total. The highest BCUT2D eigenvalue weighted by molar-refractivity contribution is 6.74. The van der Waals surface area contributed by atoms with Gasteiger partial charge in [0.2, 0.25) is 11.8 Å². The van der Waals surface area contributed by atoms with E-state index in [0.29, 0.717) is 63.4 Å². The Balaban J connectivity index is 0.890. The first-order chi connectivity index (χ1) is 32.1. The summed E-state index contributed by atoms with van der Waals surface area (Å²) in [6.07, 6.45) is 10.1. The van der Waals surface area contributed by atoms with Gasteiger partial charge in [0.05, 0.1) is 49.8 Å². The molecule has 2 fully saturated rings. The largest absolute Gasteiger partial charge is 0.462 e. The van der Waals surface area contributed by atoms with Gasteiger partial charge in [-0.25, -0.2) is 0 Å². The van der Waals surface area contributed by atoms with Crippen molar-refractivity contribution < 1.29 is 47.3 Å². The number of nitrogens with zero attached hydrogens (tertiary/aromatic N) is 3. The maximum atomic E-state index is 13.9. The second-order valence-corrected chi connectivity index (χ2v) is 26.0. The molecule has 3 amide bonds. The van der Waals surface area contributed by atoms with E-state index in [1.165, 1.54) is 5.57 Å². The molecule has 2 aliphatic heterocycles. The van der Waals surface area contributed by atoms with Crippen molar-refractivity contribution in [3.63, 3.8) is 0 Å². The smallest absolute Gasteiger partial charge is 0.311 e.